The first-order chi connectivity index (χ1) is 10.6. The molecule has 0 bridgehead atoms. The highest BCUT2D eigenvalue weighted by atomic mass is 16.5. The highest BCUT2D eigenvalue weighted by molar-refractivity contribution is 5.76. The molecular formula is C13H21N5O4. The van der Waals surface area contributed by atoms with Gasteiger partial charge in [-0.2, -0.15) is 9.97 Å². The fraction of sp³-hybridized carbons (Fsp3) is 0.615. The van der Waals surface area contributed by atoms with Gasteiger partial charge in [0.15, 0.2) is 11.2 Å². The minimum atomic E-state index is -0.435. The van der Waals surface area contributed by atoms with Gasteiger partial charge in [-0.3, -0.25) is 0 Å². The van der Waals surface area contributed by atoms with Crippen LogP contribution in [-0.4, -0.2) is 56.1 Å². The van der Waals surface area contributed by atoms with Gasteiger partial charge in [0.2, 0.25) is 11.8 Å². The van der Waals surface area contributed by atoms with Crippen LogP contribution in [0.1, 0.15) is 25.6 Å². The minimum absolute atomic E-state index is 0.0429. The maximum Gasteiger partial charge on any atom is 0.244 e. The highest BCUT2D eigenvalue weighted by Gasteiger charge is 2.13. The molecule has 0 aliphatic rings. The van der Waals surface area contributed by atoms with Gasteiger partial charge in [-0.25, -0.2) is 4.98 Å². The van der Waals surface area contributed by atoms with E-state index in [0.717, 1.165) is 12.8 Å². The van der Waals surface area contributed by atoms with Gasteiger partial charge in [-0.05, 0) is 6.42 Å². The number of hydrogen-bond donors (Lipinski definition) is 4. The molecule has 0 saturated carbocycles. The van der Waals surface area contributed by atoms with Crippen LogP contribution in [0.3, 0.4) is 0 Å². The molecule has 122 valence electrons. The number of anilines is 1. The summed E-state index contributed by atoms with van der Waals surface area (Å²) >= 11 is 0. The average molecular weight is 311 g/mol. The lowest BCUT2D eigenvalue weighted by Gasteiger charge is -2.14. The second-order valence-electron chi connectivity index (χ2n) is 4.83. The van der Waals surface area contributed by atoms with Crippen molar-refractivity contribution in [2.75, 3.05) is 25.6 Å². The van der Waals surface area contributed by atoms with Crippen molar-refractivity contribution in [2.45, 2.75) is 32.5 Å². The zero-order valence-electron chi connectivity index (χ0n) is 12.4. The number of nitrogens with one attached hydrogen (secondary N) is 1. The van der Waals surface area contributed by atoms with E-state index in [0.29, 0.717) is 24.7 Å². The molecule has 0 radical (unpaired) electrons. The topological polar surface area (TPSA) is 139 Å². The Morgan fingerprint density at radius 3 is 2.86 bits per heavy atom. The van der Waals surface area contributed by atoms with Crippen molar-refractivity contribution in [1.82, 2.24) is 19.9 Å². The van der Waals surface area contributed by atoms with Crippen molar-refractivity contribution in [3.05, 3.63) is 5.82 Å². The first-order valence-electron chi connectivity index (χ1n) is 7.15. The van der Waals surface area contributed by atoms with Gasteiger partial charge in [-0.1, -0.05) is 13.3 Å². The normalized spacial score (nSPS) is 12.8. The van der Waals surface area contributed by atoms with Crippen molar-refractivity contribution < 1.29 is 19.7 Å². The van der Waals surface area contributed by atoms with E-state index in [4.69, 9.17) is 15.2 Å². The number of nitrogens with two attached hydrogens (primary N) is 1. The van der Waals surface area contributed by atoms with Gasteiger partial charge in [0.1, 0.15) is 18.5 Å². The Kier molecular flexibility index (Phi) is 5.87. The molecule has 2 rings (SSSR count). The number of nitrogens with zero attached hydrogens (tertiary/aromatic N) is 3. The lowest BCUT2D eigenvalue weighted by molar-refractivity contribution is -0.0516. The summed E-state index contributed by atoms with van der Waals surface area (Å²) in [6.07, 6.45) is 1.59. The Morgan fingerprint density at radius 1 is 1.32 bits per heavy atom. The summed E-state index contributed by atoms with van der Waals surface area (Å²) < 4.78 is 10.9. The molecule has 9 heteroatoms. The quantitative estimate of drug-likeness (QED) is 0.486. The number of ether oxygens (including phenoxy) is 2. The molecule has 0 spiro atoms. The summed E-state index contributed by atoms with van der Waals surface area (Å²) in [5, 5.41) is 18.9. The molecule has 0 aliphatic carbocycles. The van der Waals surface area contributed by atoms with Crippen molar-refractivity contribution in [3.63, 3.8) is 0 Å². The molecule has 2 heterocycles. The monoisotopic (exact) mass is 311 g/mol. The predicted molar refractivity (Wildman–Crippen MR) is 79.2 cm³/mol. The third kappa shape index (κ3) is 4.26. The fourth-order valence-electron chi connectivity index (χ4n) is 1.83. The van der Waals surface area contributed by atoms with Gasteiger partial charge in [0.05, 0.1) is 13.2 Å². The van der Waals surface area contributed by atoms with Crippen molar-refractivity contribution >= 4 is 17.1 Å². The van der Waals surface area contributed by atoms with Gasteiger partial charge in [-0.15, -0.1) is 0 Å². The maximum atomic E-state index is 9.64. The van der Waals surface area contributed by atoms with Crippen LogP contribution in [0.5, 0.6) is 5.88 Å². The summed E-state index contributed by atoms with van der Waals surface area (Å²) in [6.45, 7) is 3.01. The lowest BCUT2D eigenvalue weighted by atomic mass is 10.3. The molecule has 1 atom stereocenters. The summed E-state index contributed by atoms with van der Waals surface area (Å²) in [7, 11) is 0. The van der Waals surface area contributed by atoms with E-state index >= 15 is 0 Å². The highest BCUT2D eigenvalue weighted by Crippen LogP contribution is 2.19. The Labute approximate surface area is 127 Å². The van der Waals surface area contributed by atoms with E-state index in [9.17, 15) is 10.2 Å². The van der Waals surface area contributed by atoms with E-state index in [1.807, 2.05) is 0 Å². The number of aromatic amines is 1. The molecule has 0 fully saturated rings. The second-order valence-corrected chi connectivity index (χ2v) is 4.83. The Balaban J connectivity index is 1.91. The fourth-order valence-corrected chi connectivity index (χ4v) is 1.83. The molecule has 0 saturated heterocycles. The Morgan fingerprint density at radius 2 is 2.14 bits per heavy atom. The molecular weight excluding hydrogens is 290 g/mol. The number of aromatic nitrogens is 4. The standard InChI is InChI=1S/C13H21N5O4/c1-2-3-4-21-6-8(5-19)22-7-9-15-10-11(16-9)17-13(14)18-12(10)20/h8,19H,2-7H2,1H3,(H4,14,15,16,17,18,20). The molecule has 0 aliphatic heterocycles. The molecule has 0 amide bonds. The van der Waals surface area contributed by atoms with Crippen molar-refractivity contribution in [2.24, 2.45) is 0 Å². The first kappa shape index (κ1) is 16.4. The van der Waals surface area contributed by atoms with E-state index in [-0.39, 0.29) is 30.6 Å². The first-order valence-corrected chi connectivity index (χ1v) is 7.15. The van der Waals surface area contributed by atoms with Crippen LogP contribution in [0.4, 0.5) is 5.95 Å². The number of nitrogen functional groups attached to an aromatic ring is 1. The van der Waals surface area contributed by atoms with E-state index < -0.39 is 6.10 Å². The van der Waals surface area contributed by atoms with Gasteiger partial charge in [0.25, 0.3) is 0 Å². The molecule has 9 nitrogen and oxygen atoms in total. The zero-order chi connectivity index (χ0) is 15.9. The van der Waals surface area contributed by atoms with Crippen molar-refractivity contribution in [1.29, 1.82) is 0 Å². The second kappa shape index (κ2) is 7.87. The maximum absolute atomic E-state index is 9.64. The van der Waals surface area contributed by atoms with Crippen LogP contribution in [-0.2, 0) is 16.1 Å². The molecule has 2 aromatic rings. The smallest absolute Gasteiger partial charge is 0.244 e. The number of aromatic hydroxyl groups is 1. The Hall–Kier alpha value is -1.97. The van der Waals surface area contributed by atoms with Crippen LogP contribution in [0.15, 0.2) is 0 Å². The van der Waals surface area contributed by atoms with Crippen LogP contribution in [0.25, 0.3) is 11.2 Å². The number of imidazole rings is 1. The Bertz CT molecular complexity index is 603. The number of aliphatic hydroxyl groups is 1. The average Bonchev–Trinajstić information content (AvgIpc) is 2.90. The summed E-state index contributed by atoms with van der Waals surface area (Å²) in [4.78, 5) is 14.6. The predicted octanol–water partition coefficient (Wildman–Crippen LogP) is 0.335. The largest absolute Gasteiger partial charge is 0.492 e. The molecule has 1 unspecified atom stereocenters. The molecule has 0 aromatic carbocycles. The number of rotatable bonds is 9. The van der Waals surface area contributed by atoms with E-state index in [1.54, 1.807) is 0 Å². The van der Waals surface area contributed by atoms with Crippen LogP contribution in [0.2, 0.25) is 0 Å². The minimum Gasteiger partial charge on any atom is -0.492 e. The van der Waals surface area contributed by atoms with Crippen LogP contribution < -0.4 is 5.73 Å². The van der Waals surface area contributed by atoms with Crippen molar-refractivity contribution in [3.8, 4) is 5.88 Å². The number of H-pyrrole nitrogens is 1. The summed E-state index contributed by atoms with van der Waals surface area (Å²) in [6, 6.07) is 0. The van der Waals surface area contributed by atoms with E-state index in [2.05, 4.69) is 26.9 Å². The zero-order valence-corrected chi connectivity index (χ0v) is 12.4. The summed E-state index contributed by atoms with van der Waals surface area (Å²) in [5.41, 5.74) is 6.01. The molecule has 5 N–H and O–H groups in total. The third-order valence-corrected chi connectivity index (χ3v) is 3.00. The SMILES string of the molecule is CCCCOCC(CO)OCc1nc2c(O)nc(N)nc2[nH]1. The van der Waals surface area contributed by atoms with Crippen LogP contribution >= 0.6 is 0 Å². The van der Waals surface area contributed by atoms with Gasteiger partial charge < -0.3 is 30.4 Å². The third-order valence-electron chi connectivity index (χ3n) is 3.00. The number of aliphatic hydroxyl groups excluding tert-OH is 1. The lowest BCUT2D eigenvalue weighted by Crippen LogP contribution is -2.24. The van der Waals surface area contributed by atoms with Gasteiger partial charge in [0, 0.05) is 6.61 Å². The molecule has 22 heavy (non-hydrogen) atoms. The van der Waals surface area contributed by atoms with Gasteiger partial charge >= 0.3 is 0 Å². The number of hydrogen-bond acceptors (Lipinski definition) is 8. The van der Waals surface area contributed by atoms with E-state index in [1.165, 1.54) is 0 Å². The number of unbranched alkanes of at least 4 members (excludes halogenated alkanes) is 1. The number of fused-ring (bicyclic) bond motifs is 1. The van der Waals surface area contributed by atoms with Crippen LogP contribution in [0, 0.1) is 0 Å². The molecule has 2 aromatic heterocycles. The summed E-state index contributed by atoms with van der Waals surface area (Å²) in [5.74, 6) is 0.127.